The molecule has 8 heteroatoms. The highest BCUT2D eigenvalue weighted by molar-refractivity contribution is 7.13. The van der Waals surface area contributed by atoms with Crippen molar-refractivity contribution in [1.29, 1.82) is 0 Å². The van der Waals surface area contributed by atoms with Crippen LogP contribution in [0.1, 0.15) is 42.5 Å². The van der Waals surface area contributed by atoms with E-state index in [4.69, 9.17) is 9.15 Å². The molecular formula is C25H24N2O5S. The van der Waals surface area contributed by atoms with E-state index in [0.717, 1.165) is 15.2 Å². The summed E-state index contributed by atoms with van der Waals surface area (Å²) in [6.07, 6.45) is 0.738. The van der Waals surface area contributed by atoms with Crippen LogP contribution in [0.3, 0.4) is 0 Å². The van der Waals surface area contributed by atoms with Crippen LogP contribution in [-0.4, -0.2) is 26.5 Å². The van der Waals surface area contributed by atoms with Gasteiger partial charge in [-0.25, -0.2) is 9.69 Å². The van der Waals surface area contributed by atoms with Gasteiger partial charge in [0.2, 0.25) is 0 Å². The molecule has 0 saturated heterocycles. The van der Waals surface area contributed by atoms with E-state index in [1.165, 1.54) is 17.8 Å². The minimum absolute atomic E-state index is 0.0368. The first kappa shape index (κ1) is 22.5. The van der Waals surface area contributed by atoms with Crippen LogP contribution in [0.2, 0.25) is 0 Å². The van der Waals surface area contributed by atoms with Crippen LogP contribution in [0, 0.1) is 0 Å². The molecule has 0 N–H and O–H groups in total. The van der Waals surface area contributed by atoms with Gasteiger partial charge in [0.15, 0.2) is 0 Å². The van der Waals surface area contributed by atoms with Crippen LogP contribution in [-0.2, 0) is 17.8 Å². The highest BCUT2D eigenvalue weighted by Gasteiger charge is 2.29. The number of nitrogens with zero attached hydrogens (tertiary/aromatic N) is 2. The second-order valence-corrected chi connectivity index (χ2v) is 9.64. The average Bonchev–Trinajstić information content (AvgIpc) is 3.39. The Morgan fingerprint density at radius 3 is 2.39 bits per heavy atom. The van der Waals surface area contributed by atoms with Crippen molar-refractivity contribution in [3.8, 4) is 0 Å². The fraction of sp³-hybridized carbons (Fsp3) is 0.240. The van der Waals surface area contributed by atoms with E-state index in [0.29, 0.717) is 23.3 Å². The number of carbonyl (C=O) groups is 2. The van der Waals surface area contributed by atoms with Crippen LogP contribution < -0.4 is 5.56 Å². The van der Waals surface area contributed by atoms with E-state index in [-0.39, 0.29) is 12.1 Å². The smallest absolute Gasteiger partial charge is 0.417 e. The molecule has 33 heavy (non-hydrogen) atoms. The molecule has 2 heterocycles. The van der Waals surface area contributed by atoms with E-state index in [1.807, 2.05) is 24.3 Å². The number of carbonyl (C=O) groups excluding carboxylic acids is 2. The molecule has 0 spiro atoms. The number of ether oxygens (including phenoxy) is 1. The van der Waals surface area contributed by atoms with E-state index in [1.54, 1.807) is 61.1 Å². The molecular weight excluding hydrogens is 440 g/mol. The minimum atomic E-state index is -0.750. The van der Waals surface area contributed by atoms with Gasteiger partial charge in [-0.05, 0) is 62.7 Å². The summed E-state index contributed by atoms with van der Waals surface area (Å²) in [5.41, 5.74) is 0.417. The van der Waals surface area contributed by atoms with E-state index < -0.39 is 17.6 Å². The standard InChI is InChI=1S/C25H24N2O5S/c1-25(2,3)32-24(30)26(16-19-7-6-14-31-19)22(28)18-12-10-17(11-13-18)15-27-23(29)20-8-4-5-9-21(20)33-27/h4-14H,15-16H2,1-3H3. The van der Waals surface area contributed by atoms with Gasteiger partial charge < -0.3 is 9.15 Å². The van der Waals surface area contributed by atoms with Crippen LogP contribution in [0.25, 0.3) is 10.1 Å². The Balaban J connectivity index is 1.54. The lowest BCUT2D eigenvalue weighted by molar-refractivity contribution is 0.0216. The van der Waals surface area contributed by atoms with Crippen molar-refractivity contribution in [3.05, 3.63) is 94.2 Å². The molecule has 2 aromatic carbocycles. The molecule has 0 aliphatic carbocycles. The number of aromatic nitrogens is 1. The van der Waals surface area contributed by atoms with Crippen molar-refractivity contribution in [3.63, 3.8) is 0 Å². The highest BCUT2D eigenvalue weighted by atomic mass is 32.1. The zero-order valence-electron chi connectivity index (χ0n) is 18.6. The quantitative estimate of drug-likeness (QED) is 0.401. The van der Waals surface area contributed by atoms with Gasteiger partial charge in [-0.2, -0.15) is 0 Å². The lowest BCUT2D eigenvalue weighted by Crippen LogP contribution is -2.40. The topological polar surface area (TPSA) is 81.8 Å². The Morgan fingerprint density at radius 1 is 1.03 bits per heavy atom. The third-order valence-electron chi connectivity index (χ3n) is 4.83. The van der Waals surface area contributed by atoms with Crippen molar-refractivity contribution in [2.75, 3.05) is 0 Å². The lowest BCUT2D eigenvalue weighted by atomic mass is 10.1. The number of amides is 2. The summed E-state index contributed by atoms with van der Waals surface area (Å²) in [5.74, 6) is -0.0267. The molecule has 0 unspecified atom stereocenters. The molecule has 4 rings (SSSR count). The van der Waals surface area contributed by atoms with Crippen molar-refractivity contribution in [2.24, 2.45) is 0 Å². The summed E-state index contributed by atoms with van der Waals surface area (Å²) in [6.45, 7) is 5.58. The van der Waals surface area contributed by atoms with Gasteiger partial charge in [0.1, 0.15) is 11.4 Å². The second kappa shape index (κ2) is 9.07. The Labute approximate surface area is 195 Å². The first-order valence-corrected chi connectivity index (χ1v) is 11.2. The predicted molar refractivity (Wildman–Crippen MR) is 126 cm³/mol. The fourth-order valence-corrected chi connectivity index (χ4v) is 4.32. The van der Waals surface area contributed by atoms with Crippen molar-refractivity contribution >= 4 is 33.6 Å². The third-order valence-corrected chi connectivity index (χ3v) is 5.90. The average molecular weight is 465 g/mol. The van der Waals surface area contributed by atoms with Gasteiger partial charge in [0.05, 0.1) is 29.4 Å². The molecule has 2 amide bonds. The summed E-state index contributed by atoms with van der Waals surface area (Å²) in [7, 11) is 0. The van der Waals surface area contributed by atoms with Gasteiger partial charge >= 0.3 is 6.09 Å². The number of benzene rings is 2. The molecule has 0 fully saturated rings. The normalized spacial score (nSPS) is 11.5. The zero-order valence-corrected chi connectivity index (χ0v) is 19.4. The molecule has 4 aromatic rings. The van der Waals surface area contributed by atoms with Gasteiger partial charge in [0.25, 0.3) is 11.5 Å². The maximum Gasteiger partial charge on any atom is 0.417 e. The third kappa shape index (κ3) is 5.23. The maximum atomic E-state index is 13.2. The van der Waals surface area contributed by atoms with Gasteiger partial charge in [0, 0.05) is 5.56 Å². The molecule has 7 nitrogen and oxygen atoms in total. The highest BCUT2D eigenvalue weighted by Crippen LogP contribution is 2.19. The van der Waals surface area contributed by atoms with Gasteiger partial charge in [-0.1, -0.05) is 35.8 Å². The second-order valence-electron chi connectivity index (χ2n) is 8.58. The zero-order chi connectivity index (χ0) is 23.6. The number of imide groups is 1. The SMILES string of the molecule is CC(C)(C)OC(=O)N(Cc1ccco1)C(=O)c1ccc(Cn2sc3ccccc3c2=O)cc1. The molecule has 2 aromatic heterocycles. The Morgan fingerprint density at radius 2 is 1.76 bits per heavy atom. The molecule has 170 valence electrons. The minimum Gasteiger partial charge on any atom is -0.467 e. The maximum absolute atomic E-state index is 13.2. The van der Waals surface area contributed by atoms with Crippen LogP contribution in [0.4, 0.5) is 4.79 Å². The number of fused-ring (bicyclic) bond motifs is 1. The Bertz CT molecular complexity index is 1330. The van der Waals surface area contributed by atoms with Crippen LogP contribution in [0.15, 0.2) is 76.1 Å². The largest absolute Gasteiger partial charge is 0.467 e. The number of hydrogen-bond acceptors (Lipinski definition) is 6. The summed E-state index contributed by atoms with van der Waals surface area (Å²) in [6, 6.07) is 17.7. The van der Waals surface area contributed by atoms with E-state index in [2.05, 4.69) is 0 Å². The summed E-state index contributed by atoms with van der Waals surface area (Å²) in [4.78, 5) is 39.5. The van der Waals surface area contributed by atoms with Gasteiger partial charge in [-0.15, -0.1) is 0 Å². The van der Waals surface area contributed by atoms with E-state index >= 15 is 0 Å². The number of hydrogen-bond donors (Lipinski definition) is 0. The summed E-state index contributed by atoms with van der Waals surface area (Å²) in [5, 5.41) is 0.695. The van der Waals surface area contributed by atoms with Gasteiger partial charge in [-0.3, -0.25) is 13.5 Å². The molecule has 0 aliphatic rings. The monoisotopic (exact) mass is 464 g/mol. The molecule has 0 radical (unpaired) electrons. The van der Waals surface area contributed by atoms with E-state index in [9.17, 15) is 14.4 Å². The Kier molecular flexibility index (Phi) is 6.20. The molecule has 0 bridgehead atoms. The van der Waals surface area contributed by atoms with Crippen molar-refractivity contribution < 1.29 is 18.7 Å². The van der Waals surface area contributed by atoms with Crippen molar-refractivity contribution in [2.45, 2.75) is 39.5 Å². The fourth-order valence-electron chi connectivity index (χ4n) is 3.29. The molecule has 0 saturated carbocycles. The summed E-state index contributed by atoms with van der Waals surface area (Å²) < 4.78 is 13.4. The molecule has 0 aliphatic heterocycles. The van der Waals surface area contributed by atoms with Crippen LogP contribution in [0.5, 0.6) is 0 Å². The number of rotatable bonds is 5. The summed E-state index contributed by atoms with van der Waals surface area (Å²) >= 11 is 1.40. The molecule has 0 atom stereocenters. The van der Waals surface area contributed by atoms with Crippen molar-refractivity contribution in [1.82, 2.24) is 8.86 Å². The Hall–Kier alpha value is -3.65. The van der Waals surface area contributed by atoms with Crippen LogP contribution >= 0.6 is 11.5 Å². The first-order chi connectivity index (χ1) is 15.7. The predicted octanol–water partition coefficient (Wildman–Crippen LogP) is 5.28. The first-order valence-electron chi connectivity index (χ1n) is 10.5. The number of furan rings is 1. The lowest BCUT2D eigenvalue weighted by Gasteiger charge is -2.25.